The lowest BCUT2D eigenvalue weighted by Crippen LogP contribution is -2.42. The van der Waals surface area contributed by atoms with Crippen LogP contribution in [0.5, 0.6) is 5.75 Å². The van der Waals surface area contributed by atoms with E-state index >= 15 is 0 Å². The third-order valence-corrected chi connectivity index (χ3v) is 4.75. The quantitative estimate of drug-likeness (QED) is 0.679. The molecule has 2 aromatic rings. The van der Waals surface area contributed by atoms with Crippen molar-refractivity contribution in [1.29, 1.82) is 0 Å². The fourth-order valence-electron chi connectivity index (χ4n) is 3.09. The Kier molecular flexibility index (Phi) is 6.47. The molecule has 156 valence electrons. The number of hydrogen-bond acceptors (Lipinski definition) is 6. The summed E-state index contributed by atoms with van der Waals surface area (Å²) in [6, 6.07) is 11.3. The van der Waals surface area contributed by atoms with E-state index in [1.807, 2.05) is 51.1 Å². The topological polar surface area (TPSA) is 67.8 Å². The van der Waals surface area contributed by atoms with E-state index in [0.29, 0.717) is 17.5 Å². The van der Waals surface area contributed by atoms with Gasteiger partial charge in [0.25, 0.3) is 0 Å². The van der Waals surface area contributed by atoms with E-state index in [-0.39, 0.29) is 18.7 Å². The highest BCUT2D eigenvalue weighted by Gasteiger charge is 2.31. The van der Waals surface area contributed by atoms with Gasteiger partial charge in [-0.05, 0) is 39.3 Å². The molecule has 0 unspecified atom stereocenters. The van der Waals surface area contributed by atoms with Crippen molar-refractivity contribution in [3.8, 4) is 5.75 Å². The molecule has 1 aliphatic rings. The third-order valence-electron chi connectivity index (χ3n) is 4.56. The van der Waals surface area contributed by atoms with Crippen molar-refractivity contribution in [2.24, 2.45) is 0 Å². The van der Waals surface area contributed by atoms with Crippen molar-refractivity contribution < 1.29 is 14.3 Å². The van der Waals surface area contributed by atoms with E-state index in [0.717, 1.165) is 24.5 Å². The molecule has 0 spiro atoms. The number of nitrogens with zero attached hydrogens (tertiary/aromatic N) is 4. The second-order valence-electron chi connectivity index (χ2n) is 8.05. The van der Waals surface area contributed by atoms with Crippen LogP contribution < -0.4 is 9.64 Å². The molecule has 0 radical (unpaired) electrons. The van der Waals surface area contributed by atoms with Crippen LogP contribution in [0.2, 0.25) is 5.15 Å². The summed E-state index contributed by atoms with van der Waals surface area (Å²) in [7, 11) is 1.77. The summed E-state index contributed by atoms with van der Waals surface area (Å²) in [5, 5.41) is 0.366. The molecule has 1 atom stereocenters. The third kappa shape index (κ3) is 5.97. The highest BCUT2D eigenvalue weighted by molar-refractivity contribution is 6.29. The summed E-state index contributed by atoms with van der Waals surface area (Å²) in [4.78, 5) is 25.0. The number of anilines is 1. The number of hydrogen-bond donors (Lipinski definition) is 0. The number of amides is 1. The molecule has 0 saturated carbocycles. The van der Waals surface area contributed by atoms with Gasteiger partial charge in [-0.1, -0.05) is 29.8 Å². The SMILES string of the molecule is CN(C(=O)OC(C)(C)C)[C@@H]1CCN(c2cc(Cl)nc(COc3ccccc3)n2)C1. The normalized spacial score (nSPS) is 16.6. The van der Waals surface area contributed by atoms with Gasteiger partial charge >= 0.3 is 6.09 Å². The molecule has 1 amide bonds. The van der Waals surface area contributed by atoms with E-state index in [9.17, 15) is 4.79 Å². The number of benzene rings is 1. The summed E-state index contributed by atoms with van der Waals surface area (Å²) >= 11 is 6.21. The van der Waals surface area contributed by atoms with Crippen LogP contribution >= 0.6 is 11.6 Å². The molecule has 0 aliphatic carbocycles. The second kappa shape index (κ2) is 8.86. The van der Waals surface area contributed by atoms with Crippen molar-refractivity contribution in [3.63, 3.8) is 0 Å². The first kappa shape index (κ1) is 21.2. The lowest BCUT2D eigenvalue weighted by atomic mass is 10.2. The second-order valence-corrected chi connectivity index (χ2v) is 8.43. The Morgan fingerprint density at radius 2 is 2.00 bits per heavy atom. The number of para-hydroxylation sites is 1. The number of carbonyl (C=O) groups excluding carboxylic acids is 1. The van der Waals surface area contributed by atoms with Crippen LogP contribution in [0.1, 0.15) is 33.0 Å². The van der Waals surface area contributed by atoms with Crippen LogP contribution in [-0.2, 0) is 11.3 Å². The average molecular weight is 419 g/mol. The number of ether oxygens (including phenoxy) is 2. The van der Waals surface area contributed by atoms with Crippen LogP contribution in [0, 0.1) is 0 Å². The maximum atomic E-state index is 12.3. The van der Waals surface area contributed by atoms with Crippen LogP contribution in [0.25, 0.3) is 0 Å². The molecule has 1 aromatic carbocycles. The zero-order valence-corrected chi connectivity index (χ0v) is 18.0. The predicted molar refractivity (Wildman–Crippen MR) is 112 cm³/mol. The van der Waals surface area contributed by atoms with Gasteiger partial charge in [-0.25, -0.2) is 14.8 Å². The van der Waals surface area contributed by atoms with Crippen molar-refractivity contribution in [2.45, 2.75) is 45.4 Å². The molecule has 1 saturated heterocycles. The monoisotopic (exact) mass is 418 g/mol. The zero-order chi connectivity index (χ0) is 21.0. The van der Waals surface area contributed by atoms with Gasteiger partial charge in [0.05, 0.1) is 6.04 Å². The summed E-state index contributed by atoms with van der Waals surface area (Å²) < 4.78 is 11.2. The van der Waals surface area contributed by atoms with E-state index in [1.165, 1.54) is 0 Å². The molecule has 3 rings (SSSR count). The largest absolute Gasteiger partial charge is 0.486 e. The molecule has 7 nitrogen and oxygen atoms in total. The first-order valence-electron chi connectivity index (χ1n) is 9.63. The van der Waals surface area contributed by atoms with E-state index < -0.39 is 5.60 Å². The summed E-state index contributed by atoms with van der Waals surface area (Å²) in [6.45, 7) is 7.24. The summed E-state index contributed by atoms with van der Waals surface area (Å²) in [6.07, 6.45) is 0.509. The maximum Gasteiger partial charge on any atom is 0.410 e. The van der Waals surface area contributed by atoms with Gasteiger partial charge in [-0.3, -0.25) is 0 Å². The first-order valence-corrected chi connectivity index (χ1v) is 10.0. The van der Waals surface area contributed by atoms with E-state index in [4.69, 9.17) is 21.1 Å². The lowest BCUT2D eigenvalue weighted by Gasteiger charge is -2.28. The Balaban J connectivity index is 1.63. The molecule has 0 N–H and O–H groups in total. The van der Waals surface area contributed by atoms with E-state index in [2.05, 4.69) is 14.9 Å². The summed E-state index contributed by atoms with van der Waals surface area (Å²) in [5.74, 6) is 2.00. The van der Waals surface area contributed by atoms with Crippen LogP contribution in [-0.4, -0.2) is 52.7 Å². The van der Waals surface area contributed by atoms with Crippen molar-refractivity contribution in [2.75, 3.05) is 25.0 Å². The molecule has 2 heterocycles. The van der Waals surface area contributed by atoms with Crippen LogP contribution in [0.4, 0.5) is 10.6 Å². The van der Waals surface area contributed by atoms with Crippen molar-refractivity contribution >= 4 is 23.5 Å². The Labute approximate surface area is 176 Å². The minimum absolute atomic E-state index is 0.0441. The molecule has 8 heteroatoms. The van der Waals surface area contributed by atoms with Gasteiger partial charge in [0.15, 0.2) is 5.82 Å². The Morgan fingerprint density at radius 1 is 1.28 bits per heavy atom. The van der Waals surface area contributed by atoms with Gasteiger partial charge < -0.3 is 19.3 Å². The van der Waals surface area contributed by atoms with Crippen molar-refractivity contribution in [1.82, 2.24) is 14.9 Å². The first-order chi connectivity index (χ1) is 13.7. The highest BCUT2D eigenvalue weighted by Crippen LogP contribution is 2.24. The molecular weight excluding hydrogens is 392 g/mol. The Hall–Kier alpha value is -2.54. The number of halogens is 1. The van der Waals surface area contributed by atoms with Crippen LogP contribution in [0.15, 0.2) is 36.4 Å². The molecule has 29 heavy (non-hydrogen) atoms. The smallest absolute Gasteiger partial charge is 0.410 e. The average Bonchev–Trinajstić information content (AvgIpc) is 3.15. The molecule has 1 aliphatic heterocycles. The number of carbonyl (C=O) groups is 1. The van der Waals surface area contributed by atoms with Gasteiger partial charge in [0.1, 0.15) is 28.9 Å². The standard InChI is InChI=1S/C21H27ClN4O3/c1-21(2,3)29-20(27)25(4)15-10-11-26(13-15)19-12-17(22)23-18(24-19)14-28-16-8-6-5-7-9-16/h5-9,12,15H,10-11,13-14H2,1-4H3/t15-/m1/s1. The minimum Gasteiger partial charge on any atom is -0.486 e. The Morgan fingerprint density at radius 3 is 2.69 bits per heavy atom. The molecule has 1 aromatic heterocycles. The molecular formula is C21H27ClN4O3. The Bertz CT molecular complexity index is 842. The van der Waals surface area contributed by atoms with Gasteiger partial charge in [-0.2, -0.15) is 0 Å². The predicted octanol–water partition coefficient (Wildman–Crippen LogP) is 4.15. The zero-order valence-electron chi connectivity index (χ0n) is 17.3. The fraction of sp³-hybridized carbons (Fsp3) is 0.476. The number of likely N-dealkylation sites (N-methyl/N-ethyl adjacent to an activating group) is 1. The minimum atomic E-state index is -0.516. The highest BCUT2D eigenvalue weighted by atomic mass is 35.5. The number of aromatic nitrogens is 2. The fourth-order valence-corrected chi connectivity index (χ4v) is 3.29. The molecule has 0 bridgehead atoms. The lowest BCUT2D eigenvalue weighted by molar-refractivity contribution is 0.0238. The van der Waals surface area contributed by atoms with Gasteiger partial charge in [0, 0.05) is 26.2 Å². The van der Waals surface area contributed by atoms with Gasteiger partial charge in [-0.15, -0.1) is 0 Å². The molecule has 1 fully saturated rings. The maximum absolute atomic E-state index is 12.3. The van der Waals surface area contributed by atoms with Gasteiger partial charge in [0.2, 0.25) is 0 Å². The summed E-state index contributed by atoms with van der Waals surface area (Å²) in [5.41, 5.74) is -0.516. The number of rotatable bonds is 5. The van der Waals surface area contributed by atoms with Crippen LogP contribution in [0.3, 0.4) is 0 Å². The van der Waals surface area contributed by atoms with E-state index in [1.54, 1.807) is 18.0 Å². The van der Waals surface area contributed by atoms with Crippen molar-refractivity contribution in [3.05, 3.63) is 47.4 Å².